The van der Waals surface area contributed by atoms with E-state index in [2.05, 4.69) is 10.3 Å². The minimum Gasteiger partial charge on any atom is -0.496 e. The van der Waals surface area contributed by atoms with Crippen LogP contribution in [0, 0.1) is 0 Å². The lowest BCUT2D eigenvalue weighted by molar-refractivity contribution is 0.102. The van der Waals surface area contributed by atoms with E-state index >= 15 is 0 Å². The zero-order chi connectivity index (χ0) is 21.0. The maximum atomic E-state index is 12.8. The third-order valence-electron chi connectivity index (χ3n) is 4.10. The highest BCUT2D eigenvalue weighted by atomic mass is 35.5. The molecular weight excluding hydrogens is 435 g/mol. The number of halogens is 2. The Hall–Kier alpha value is -2.48. The molecule has 2 aromatic carbocycles. The first-order valence-electron chi connectivity index (χ1n) is 8.45. The average molecular weight is 453 g/mol. The summed E-state index contributed by atoms with van der Waals surface area (Å²) >= 11 is 13.5. The molecule has 0 unspecified atom stereocenters. The minimum atomic E-state index is -0.367. The molecule has 3 rings (SSSR count). The Morgan fingerprint density at radius 3 is 2.38 bits per heavy atom. The van der Waals surface area contributed by atoms with Gasteiger partial charge in [0.25, 0.3) is 5.91 Å². The van der Waals surface area contributed by atoms with Crippen molar-refractivity contribution in [1.82, 2.24) is 4.98 Å². The van der Waals surface area contributed by atoms with Crippen LogP contribution < -0.4 is 19.5 Å². The summed E-state index contributed by atoms with van der Waals surface area (Å²) in [7, 11) is 4.50. The molecule has 0 saturated heterocycles. The van der Waals surface area contributed by atoms with E-state index in [1.807, 2.05) is 6.07 Å². The Morgan fingerprint density at radius 1 is 1.03 bits per heavy atom. The second-order valence-corrected chi connectivity index (χ2v) is 7.86. The van der Waals surface area contributed by atoms with Crippen molar-refractivity contribution in [3.05, 3.63) is 62.6 Å². The number of methoxy groups -OCH3 is 3. The monoisotopic (exact) mass is 452 g/mol. The molecule has 0 radical (unpaired) electrons. The van der Waals surface area contributed by atoms with E-state index in [0.717, 1.165) is 10.4 Å². The zero-order valence-corrected chi connectivity index (χ0v) is 18.2. The number of hydrogen-bond acceptors (Lipinski definition) is 6. The van der Waals surface area contributed by atoms with E-state index in [1.54, 1.807) is 30.5 Å². The molecule has 1 heterocycles. The van der Waals surface area contributed by atoms with Gasteiger partial charge in [-0.3, -0.25) is 10.1 Å². The zero-order valence-electron chi connectivity index (χ0n) is 15.9. The fourth-order valence-electron chi connectivity index (χ4n) is 2.67. The molecule has 3 aromatic rings. The van der Waals surface area contributed by atoms with E-state index in [4.69, 9.17) is 37.4 Å². The highest BCUT2D eigenvalue weighted by Gasteiger charge is 2.19. The van der Waals surface area contributed by atoms with Crippen LogP contribution in [0.2, 0.25) is 10.0 Å². The summed E-state index contributed by atoms with van der Waals surface area (Å²) in [6.45, 7) is 0. The van der Waals surface area contributed by atoms with Crippen LogP contribution in [0.1, 0.15) is 20.8 Å². The molecule has 29 heavy (non-hydrogen) atoms. The Kier molecular flexibility index (Phi) is 6.84. The maximum Gasteiger partial charge on any atom is 0.261 e. The van der Waals surface area contributed by atoms with E-state index in [9.17, 15) is 4.79 Å². The first kappa shape index (κ1) is 21.2. The number of hydrogen-bond donors (Lipinski definition) is 1. The molecule has 0 saturated carbocycles. The van der Waals surface area contributed by atoms with Crippen LogP contribution in [0.3, 0.4) is 0 Å². The van der Waals surface area contributed by atoms with Gasteiger partial charge in [-0.1, -0.05) is 29.3 Å². The van der Waals surface area contributed by atoms with Crippen LogP contribution in [-0.4, -0.2) is 32.2 Å². The van der Waals surface area contributed by atoms with Crippen LogP contribution >= 0.6 is 34.5 Å². The van der Waals surface area contributed by atoms with Gasteiger partial charge in [-0.15, -0.1) is 11.3 Å². The Labute approximate surface area is 182 Å². The Bertz CT molecular complexity index is 1040. The van der Waals surface area contributed by atoms with Crippen LogP contribution in [-0.2, 0) is 6.42 Å². The predicted octanol–water partition coefficient (Wildman–Crippen LogP) is 5.32. The first-order chi connectivity index (χ1) is 13.9. The highest BCUT2D eigenvalue weighted by molar-refractivity contribution is 7.15. The normalized spacial score (nSPS) is 10.5. The molecule has 1 N–H and O–H groups in total. The van der Waals surface area contributed by atoms with E-state index in [-0.39, 0.29) is 5.91 Å². The van der Waals surface area contributed by atoms with Gasteiger partial charge in [-0.05, 0) is 17.7 Å². The van der Waals surface area contributed by atoms with Crippen molar-refractivity contribution in [3.63, 3.8) is 0 Å². The number of carbonyl (C=O) groups is 1. The number of ether oxygens (including phenoxy) is 3. The number of nitrogens with zero attached hydrogens (tertiary/aromatic N) is 1. The summed E-state index contributed by atoms with van der Waals surface area (Å²) in [5, 5.41) is 4.43. The van der Waals surface area contributed by atoms with Crippen LogP contribution in [0.4, 0.5) is 5.13 Å². The number of anilines is 1. The number of carbonyl (C=O) groups excluding carboxylic acids is 1. The van der Waals surface area contributed by atoms with Crippen molar-refractivity contribution in [2.45, 2.75) is 6.42 Å². The van der Waals surface area contributed by atoms with Crippen LogP contribution in [0.5, 0.6) is 17.2 Å². The number of thiazole rings is 1. The van der Waals surface area contributed by atoms with Crippen LogP contribution in [0.25, 0.3) is 0 Å². The van der Waals surface area contributed by atoms with Gasteiger partial charge in [0, 0.05) is 39.7 Å². The molecule has 1 amide bonds. The van der Waals surface area contributed by atoms with Gasteiger partial charge in [0.1, 0.15) is 5.75 Å². The number of rotatable bonds is 7. The largest absolute Gasteiger partial charge is 0.496 e. The van der Waals surface area contributed by atoms with Crippen molar-refractivity contribution in [2.24, 2.45) is 0 Å². The Morgan fingerprint density at radius 2 is 1.72 bits per heavy atom. The van der Waals surface area contributed by atoms with Gasteiger partial charge in [-0.25, -0.2) is 4.98 Å². The molecule has 9 heteroatoms. The fraction of sp³-hybridized carbons (Fsp3) is 0.200. The average Bonchev–Trinajstić information content (AvgIpc) is 3.15. The lowest BCUT2D eigenvalue weighted by atomic mass is 10.1. The summed E-state index contributed by atoms with van der Waals surface area (Å²) in [5.41, 5.74) is 1.24. The SMILES string of the molecule is COc1cc(OC)c(C(=O)Nc2ncc(Cc3ccc(Cl)cc3Cl)s2)cc1OC. The predicted molar refractivity (Wildman–Crippen MR) is 115 cm³/mol. The van der Waals surface area contributed by atoms with Crippen LogP contribution in [0.15, 0.2) is 36.5 Å². The number of nitrogens with one attached hydrogen (secondary N) is 1. The van der Waals surface area contributed by atoms with Gasteiger partial charge in [-0.2, -0.15) is 0 Å². The summed E-state index contributed by atoms with van der Waals surface area (Å²) in [6.07, 6.45) is 2.29. The first-order valence-corrected chi connectivity index (χ1v) is 10.0. The molecule has 1 aromatic heterocycles. The van der Waals surface area contributed by atoms with E-state index in [0.29, 0.717) is 44.4 Å². The second kappa shape index (κ2) is 9.35. The molecule has 0 aliphatic carbocycles. The molecule has 0 bridgehead atoms. The minimum absolute atomic E-state index is 0.308. The fourth-order valence-corrected chi connectivity index (χ4v) is 3.98. The van der Waals surface area contributed by atoms with Gasteiger partial charge in [0.2, 0.25) is 0 Å². The topological polar surface area (TPSA) is 69.7 Å². The van der Waals surface area contributed by atoms with Crippen molar-refractivity contribution in [3.8, 4) is 17.2 Å². The van der Waals surface area contributed by atoms with Crippen molar-refractivity contribution in [2.75, 3.05) is 26.6 Å². The quantitative estimate of drug-likeness (QED) is 0.525. The molecule has 0 fully saturated rings. The summed E-state index contributed by atoms with van der Waals surface area (Å²) in [6, 6.07) is 8.52. The van der Waals surface area contributed by atoms with E-state index < -0.39 is 0 Å². The third kappa shape index (κ3) is 4.93. The molecular formula is C20H18Cl2N2O4S. The molecule has 0 aliphatic rings. The molecule has 0 aliphatic heterocycles. The van der Waals surface area contributed by atoms with Crippen molar-refractivity contribution in [1.29, 1.82) is 0 Å². The third-order valence-corrected chi connectivity index (χ3v) is 5.60. The maximum absolute atomic E-state index is 12.8. The van der Waals surface area contributed by atoms with E-state index in [1.165, 1.54) is 32.7 Å². The van der Waals surface area contributed by atoms with Crippen molar-refractivity contribution < 1.29 is 19.0 Å². The molecule has 0 atom stereocenters. The highest BCUT2D eigenvalue weighted by Crippen LogP contribution is 2.35. The van der Waals surface area contributed by atoms with Crippen molar-refractivity contribution >= 4 is 45.6 Å². The standard InChI is InChI=1S/C20H18Cl2N2O4S/c1-26-16-9-18(28-3)17(27-2)8-14(16)19(25)24-20-23-10-13(29-20)6-11-4-5-12(21)7-15(11)22/h4-5,7-10H,6H2,1-3H3,(H,23,24,25). The Balaban J connectivity index is 1.78. The second-order valence-electron chi connectivity index (χ2n) is 5.91. The summed E-state index contributed by atoms with van der Waals surface area (Å²) in [4.78, 5) is 18.0. The lowest BCUT2D eigenvalue weighted by Gasteiger charge is -2.13. The lowest BCUT2D eigenvalue weighted by Crippen LogP contribution is -2.13. The number of amides is 1. The van der Waals surface area contributed by atoms with Gasteiger partial charge in [0.15, 0.2) is 16.6 Å². The summed E-state index contributed by atoms with van der Waals surface area (Å²) in [5.74, 6) is 0.894. The van der Waals surface area contributed by atoms with Gasteiger partial charge >= 0.3 is 0 Å². The number of aromatic nitrogens is 1. The molecule has 152 valence electrons. The summed E-state index contributed by atoms with van der Waals surface area (Å²) < 4.78 is 15.8. The van der Waals surface area contributed by atoms with Gasteiger partial charge < -0.3 is 14.2 Å². The molecule has 0 spiro atoms. The molecule has 6 nitrogen and oxygen atoms in total. The van der Waals surface area contributed by atoms with Gasteiger partial charge in [0.05, 0.1) is 26.9 Å². The number of benzene rings is 2. The smallest absolute Gasteiger partial charge is 0.261 e.